The Morgan fingerprint density at radius 2 is 2.21 bits per heavy atom. The van der Waals surface area contributed by atoms with Crippen molar-refractivity contribution >= 4 is 10.2 Å². The fraction of sp³-hybridized carbons (Fsp3) is 1.00. The minimum absolute atomic E-state index is 0.490. The Balaban J connectivity index is 1.94. The van der Waals surface area contributed by atoms with E-state index in [0.29, 0.717) is 25.6 Å². The molecule has 1 atom stereocenters. The maximum absolute atomic E-state index is 11.6. The first-order valence-corrected chi connectivity index (χ1v) is 6.58. The number of rotatable bonds is 2. The van der Waals surface area contributed by atoms with E-state index in [0.717, 1.165) is 25.9 Å². The smallest absolute Gasteiger partial charge is 0.279 e. The van der Waals surface area contributed by atoms with Crippen LogP contribution in [0.5, 0.6) is 0 Å². The maximum Gasteiger partial charge on any atom is 0.279 e. The summed E-state index contributed by atoms with van der Waals surface area (Å²) in [5, 5.41) is 3.25. The predicted octanol–water partition coefficient (Wildman–Crippen LogP) is -0.864. The molecule has 0 amide bonds. The SMILES string of the molecule is O=S1(=O)NCCCN1CC1CCNC1. The quantitative estimate of drug-likeness (QED) is 0.635. The van der Waals surface area contributed by atoms with Crippen molar-refractivity contribution in [2.24, 2.45) is 5.92 Å². The van der Waals surface area contributed by atoms with Gasteiger partial charge in [-0.15, -0.1) is 0 Å². The van der Waals surface area contributed by atoms with Gasteiger partial charge >= 0.3 is 0 Å². The molecule has 0 aromatic rings. The molecule has 2 rings (SSSR count). The molecule has 14 heavy (non-hydrogen) atoms. The second-order valence-electron chi connectivity index (χ2n) is 3.97. The van der Waals surface area contributed by atoms with Gasteiger partial charge in [0.25, 0.3) is 10.2 Å². The molecule has 2 aliphatic rings. The van der Waals surface area contributed by atoms with Gasteiger partial charge in [0, 0.05) is 19.6 Å². The largest absolute Gasteiger partial charge is 0.316 e. The Labute approximate surface area is 85.0 Å². The molecule has 6 heteroatoms. The molecule has 0 aliphatic carbocycles. The lowest BCUT2D eigenvalue weighted by Crippen LogP contribution is -2.48. The Morgan fingerprint density at radius 1 is 1.36 bits per heavy atom. The first-order valence-electron chi connectivity index (χ1n) is 5.14. The third kappa shape index (κ3) is 2.25. The third-order valence-corrected chi connectivity index (χ3v) is 4.41. The van der Waals surface area contributed by atoms with E-state index in [1.807, 2.05) is 0 Å². The summed E-state index contributed by atoms with van der Waals surface area (Å²) in [6, 6.07) is 0. The summed E-state index contributed by atoms with van der Waals surface area (Å²) < 4.78 is 27.3. The minimum Gasteiger partial charge on any atom is -0.316 e. The highest BCUT2D eigenvalue weighted by atomic mass is 32.2. The minimum atomic E-state index is -3.16. The molecule has 2 heterocycles. The second-order valence-corrected chi connectivity index (χ2v) is 5.72. The van der Waals surface area contributed by atoms with Gasteiger partial charge < -0.3 is 5.32 Å². The maximum atomic E-state index is 11.6. The molecule has 0 aromatic carbocycles. The summed E-state index contributed by atoms with van der Waals surface area (Å²) in [4.78, 5) is 0. The summed E-state index contributed by atoms with van der Waals surface area (Å²) in [6.07, 6.45) is 2.01. The highest BCUT2D eigenvalue weighted by Crippen LogP contribution is 2.14. The van der Waals surface area contributed by atoms with Crippen molar-refractivity contribution in [3.05, 3.63) is 0 Å². The Morgan fingerprint density at radius 3 is 2.86 bits per heavy atom. The molecule has 0 bridgehead atoms. The van der Waals surface area contributed by atoms with E-state index in [4.69, 9.17) is 0 Å². The van der Waals surface area contributed by atoms with Gasteiger partial charge in [-0.05, 0) is 31.8 Å². The van der Waals surface area contributed by atoms with Gasteiger partial charge in [-0.3, -0.25) is 0 Å². The van der Waals surface area contributed by atoms with Crippen LogP contribution < -0.4 is 10.0 Å². The molecule has 82 valence electrons. The highest BCUT2D eigenvalue weighted by molar-refractivity contribution is 7.87. The lowest BCUT2D eigenvalue weighted by Gasteiger charge is -2.28. The number of nitrogens with zero attached hydrogens (tertiary/aromatic N) is 1. The van der Waals surface area contributed by atoms with Crippen LogP contribution in [0.2, 0.25) is 0 Å². The summed E-state index contributed by atoms with van der Waals surface area (Å²) in [7, 11) is -3.16. The van der Waals surface area contributed by atoms with Crippen molar-refractivity contribution < 1.29 is 8.42 Å². The summed E-state index contributed by atoms with van der Waals surface area (Å²) in [5.74, 6) is 0.490. The molecule has 0 spiro atoms. The fourth-order valence-corrected chi connectivity index (χ4v) is 3.38. The number of hydrogen-bond donors (Lipinski definition) is 2. The number of hydrogen-bond acceptors (Lipinski definition) is 3. The molecule has 1 unspecified atom stereocenters. The molecule has 2 N–H and O–H groups in total. The average molecular weight is 219 g/mol. The van der Waals surface area contributed by atoms with E-state index in [9.17, 15) is 8.42 Å². The molecule has 0 saturated carbocycles. The van der Waals surface area contributed by atoms with Gasteiger partial charge in [0.1, 0.15) is 0 Å². The van der Waals surface area contributed by atoms with Gasteiger partial charge in [0.15, 0.2) is 0 Å². The summed E-state index contributed by atoms with van der Waals surface area (Å²) in [5.41, 5.74) is 0. The van der Waals surface area contributed by atoms with Crippen LogP contribution in [0, 0.1) is 5.92 Å². The molecule has 0 aromatic heterocycles. The van der Waals surface area contributed by atoms with E-state index in [1.54, 1.807) is 4.31 Å². The van der Waals surface area contributed by atoms with E-state index >= 15 is 0 Å². The predicted molar refractivity (Wildman–Crippen MR) is 54.1 cm³/mol. The molecule has 2 saturated heterocycles. The average Bonchev–Trinajstić information content (AvgIpc) is 2.61. The molecular weight excluding hydrogens is 202 g/mol. The van der Waals surface area contributed by atoms with Crippen molar-refractivity contribution in [2.75, 3.05) is 32.7 Å². The summed E-state index contributed by atoms with van der Waals surface area (Å²) in [6.45, 7) is 3.90. The zero-order valence-corrected chi connectivity index (χ0v) is 9.02. The van der Waals surface area contributed by atoms with Crippen molar-refractivity contribution in [3.63, 3.8) is 0 Å². The van der Waals surface area contributed by atoms with Gasteiger partial charge in [-0.1, -0.05) is 0 Å². The first kappa shape index (κ1) is 10.4. The third-order valence-electron chi connectivity index (χ3n) is 2.83. The van der Waals surface area contributed by atoms with Gasteiger partial charge in [0.2, 0.25) is 0 Å². The zero-order valence-electron chi connectivity index (χ0n) is 8.20. The van der Waals surface area contributed by atoms with Crippen molar-refractivity contribution in [1.82, 2.24) is 14.3 Å². The molecule has 2 aliphatic heterocycles. The van der Waals surface area contributed by atoms with Crippen LogP contribution in [-0.4, -0.2) is 45.4 Å². The number of nitrogens with one attached hydrogen (secondary N) is 2. The van der Waals surface area contributed by atoms with E-state index in [1.165, 1.54) is 0 Å². The molecule has 2 fully saturated rings. The molecule has 0 radical (unpaired) electrons. The lowest BCUT2D eigenvalue weighted by molar-refractivity contribution is 0.329. The monoisotopic (exact) mass is 219 g/mol. The van der Waals surface area contributed by atoms with Crippen LogP contribution in [0.4, 0.5) is 0 Å². The zero-order chi connectivity index (χ0) is 10.0. The van der Waals surface area contributed by atoms with E-state index in [2.05, 4.69) is 10.0 Å². The second kappa shape index (κ2) is 4.14. The molecule has 5 nitrogen and oxygen atoms in total. The van der Waals surface area contributed by atoms with Crippen molar-refractivity contribution in [3.8, 4) is 0 Å². The van der Waals surface area contributed by atoms with E-state index in [-0.39, 0.29) is 0 Å². The standard InChI is InChI=1S/C8H17N3O2S/c12-14(13)10-3-1-5-11(14)7-8-2-4-9-6-8/h8-10H,1-7H2. The van der Waals surface area contributed by atoms with Crippen molar-refractivity contribution in [2.45, 2.75) is 12.8 Å². The summed E-state index contributed by atoms with van der Waals surface area (Å²) >= 11 is 0. The van der Waals surface area contributed by atoms with Crippen LogP contribution in [0.1, 0.15) is 12.8 Å². The highest BCUT2D eigenvalue weighted by Gasteiger charge is 2.28. The van der Waals surface area contributed by atoms with E-state index < -0.39 is 10.2 Å². The van der Waals surface area contributed by atoms with Crippen LogP contribution in [0.15, 0.2) is 0 Å². The Hall–Kier alpha value is -0.170. The Bertz CT molecular complexity index is 285. The van der Waals surface area contributed by atoms with Gasteiger partial charge in [0.05, 0.1) is 0 Å². The lowest BCUT2D eigenvalue weighted by atomic mass is 10.1. The van der Waals surface area contributed by atoms with Crippen LogP contribution in [0.25, 0.3) is 0 Å². The normalized spacial score (nSPS) is 33.3. The molecular formula is C8H17N3O2S. The van der Waals surface area contributed by atoms with Crippen LogP contribution in [0.3, 0.4) is 0 Å². The van der Waals surface area contributed by atoms with Crippen molar-refractivity contribution in [1.29, 1.82) is 0 Å². The van der Waals surface area contributed by atoms with Crippen LogP contribution >= 0.6 is 0 Å². The fourth-order valence-electron chi connectivity index (χ4n) is 2.02. The Kier molecular flexibility index (Phi) is 3.06. The van der Waals surface area contributed by atoms with Gasteiger partial charge in [-0.2, -0.15) is 12.7 Å². The van der Waals surface area contributed by atoms with Gasteiger partial charge in [-0.25, -0.2) is 4.72 Å². The topological polar surface area (TPSA) is 61.4 Å². The van der Waals surface area contributed by atoms with Crippen LogP contribution in [-0.2, 0) is 10.2 Å². The first-order chi connectivity index (χ1) is 6.68.